The van der Waals surface area contributed by atoms with Crippen molar-refractivity contribution < 1.29 is 8.42 Å². The van der Waals surface area contributed by atoms with Gasteiger partial charge in [-0.1, -0.05) is 23.7 Å². The van der Waals surface area contributed by atoms with Gasteiger partial charge in [-0.05, 0) is 38.5 Å². The summed E-state index contributed by atoms with van der Waals surface area (Å²) in [5.41, 5.74) is 2.12. The summed E-state index contributed by atoms with van der Waals surface area (Å²) >= 11 is 6.11. The van der Waals surface area contributed by atoms with E-state index >= 15 is 0 Å². The van der Waals surface area contributed by atoms with Gasteiger partial charge >= 0.3 is 0 Å². The number of benzene rings is 1. The van der Waals surface area contributed by atoms with Crippen LogP contribution in [-0.4, -0.2) is 42.1 Å². The van der Waals surface area contributed by atoms with Crippen LogP contribution in [0.1, 0.15) is 29.9 Å². The highest BCUT2D eigenvalue weighted by Crippen LogP contribution is 2.32. The second-order valence-electron chi connectivity index (χ2n) is 6.21. The predicted octanol–water partition coefficient (Wildman–Crippen LogP) is 2.93. The molecule has 144 valence electrons. The van der Waals surface area contributed by atoms with Gasteiger partial charge in [-0.2, -0.15) is 9.40 Å². The lowest BCUT2D eigenvalue weighted by Gasteiger charge is -2.35. The maximum atomic E-state index is 13.4. The van der Waals surface area contributed by atoms with E-state index in [9.17, 15) is 8.42 Å². The van der Waals surface area contributed by atoms with Gasteiger partial charge in [-0.15, -0.1) is 12.4 Å². The van der Waals surface area contributed by atoms with Gasteiger partial charge in [0.25, 0.3) is 0 Å². The van der Waals surface area contributed by atoms with Crippen LogP contribution in [0, 0.1) is 13.8 Å². The van der Waals surface area contributed by atoms with Crippen LogP contribution in [0.25, 0.3) is 0 Å². The number of hydrogen-bond donors (Lipinski definition) is 1. The lowest BCUT2D eigenvalue weighted by Crippen LogP contribution is -2.48. The Balaban J connectivity index is 0.00000243. The number of sulfonamides is 1. The largest absolute Gasteiger partial charge is 0.313 e. The van der Waals surface area contributed by atoms with Gasteiger partial charge in [0, 0.05) is 31.2 Å². The monoisotopic (exact) mass is 418 g/mol. The predicted molar refractivity (Wildman–Crippen MR) is 106 cm³/mol. The Labute approximate surface area is 166 Å². The molecule has 26 heavy (non-hydrogen) atoms. The average molecular weight is 419 g/mol. The molecule has 0 aliphatic carbocycles. The second kappa shape index (κ2) is 8.27. The van der Waals surface area contributed by atoms with Crippen LogP contribution in [0.2, 0.25) is 5.02 Å². The van der Waals surface area contributed by atoms with Crippen molar-refractivity contribution in [1.29, 1.82) is 0 Å². The van der Waals surface area contributed by atoms with E-state index in [1.54, 1.807) is 22.0 Å². The van der Waals surface area contributed by atoms with Gasteiger partial charge in [-0.25, -0.2) is 8.42 Å². The van der Waals surface area contributed by atoms with Gasteiger partial charge in [0.1, 0.15) is 4.90 Å². The molecule has 1 aliphatic heterocycles. The molecule has 9 heteroatoms. The lowest BCUT2D eigenvalue weighted by molar-refractivity contribution is 0.271. The molecule has 0 spiro atoms. The molecule has 0 radical (unpaired) electrons. The molecule has 3 rings (SSSR count). The van der Waals surface area contributed by atoms with Crippen LogP contribution in [-0.2, 0) is 16.6 Å². The van der Waals surface area contributed by atoms with E-state index < -0.39 is 10.0 Å². The molecule has 1 atom stereocenters. The highest BCUT2D eigenvalue weighted by molar-refractivity contribution is 7.89. The molecule has 1 aliphatic rings. The number of nitrogens with one attached hydrogen (secondary N) is 1. The van der Waals surface area contributed by atoms with E-state index in [4.69, 9.17) is 11.6 Å². The minimum atomic E-state index is -3.66. The lowest BCUT2D eigenvalue weighted by atomic mass is 10.1. The standard InChI is InChI=1S/C17H23ClN4O2S.ClH/c1-4-21-13(3)17(12(2)20-21)25(23,24)22-9-8-19-11-16(22)14-6-5-7-15(18)10-14;/h5-7,10,16,19H,4,8-9,11H2,1-3H3;1H. The SMILES string of the molecule is CCn1nc(C)c(S(=O)(=O)N2CCNCC2c2cccc(Cl)c2)c1C.Cl. The molecule has 1 saturated heterocycles. The Morgan fingerprint density at radius 2 is 2.08 bits per heavy atom. The zero-order valence-corrected chi connectivity index (χ0v) is 17.5. The molecule has 1 N–H and O–H groups in total. The van der Waals surface area contributed by atoms with Gasteiger partial charge < -0.3 is 5.32 Å². The van der Waals surface area contributed by atoms with E-state index in [0.717, 1.165) is 5.56 Å². The van der Waals surface area contributed by atoms with Crippen LogP contribution < -0.4 is 5.32 Å². The summed E-state index contributed by atoms with van der Waals surface area (Å²) < 4.78 is 30.2. The quantitative estimate of drug-likeness (QED) is 0.828. The van der Waals surface area contributed by atoms with E-state index in [0.29, 0.717) is 47.5 Å². The Morgan fingerprint density at radius 3 is 2.69 bits per heavy atom. The highest BCUT2D eigenvalue weighted by atomic mass is 35.5. The van der Waals surface area contributed by atoms with Gasteiger partial charge in [0.05, 0.1) is 17.4 Å². The molecule has 0 bridgehead atoms. The first-order chi connectivity index (χ1) is 11.9. The van der Waals surface area contributed by atoms with Gasteiger partial charge in [0.15, 0.2) is 0 Å². The Morgan fingerprint density at radius 1 is 1.35 bits per heavy atom. The molecule has 2 heterocycles. The molecule has 0 amide bonds. The number of aryl methyl sites for hydroxylation is 2. The third-order valence-electron chi connectivity index (χ3n) is 4.61. The summed E-state index contributed by atoms with van der Waals surface area (Å²) in [5, 5.41) is 8.26. The summed E-state index contributed by atoms with van der Waals surface area (Å²) in [4.78, 5) is 0.322. The molecule has 2 aromatic rings. The first-order valence-corrected chi connectivity index (χ1v) is 10.2. The number of nitrogens with zero attached hydrogens (tertiary/aromatic N) is 3. The Hall–Kier alpha value is -1.12. The fraction of sp³-hybridized carbons (Fsp3) is 0.471. The van der Waals surface area contributed by atoms with Crippen LogP contribution >= 0.6 is 24.0 Å². The van der Waals surface area contributed by atoms with E-state index in [1.165, 1.54) is 0 Å². The van der Waals surface area contributed by atoms with Gasteiger partial charge in [-0.3, -0.25) is 4.68 Å². The number of halogens is 2. The van der Waals surface area contributed by atoms with E-state index in [2.05, 4.69) is 10.4 Å². The first-order valence-electron chi connectivity index (χ1n) is 8.38. The molecule has 1 aromatic carbocycles. The van der Waals surface area contributed by atoms with Crippen LogP contribution in [0.15, 0.2) is 29.2 Å². The Bertz CT molecular complexity index is 883. The fourth-order valence-electron chi connectivity index (χ4n) is 3.45. The van der Waals surface area contributed by atoms with Crippen molar-refractivity contribution in [3.63, 3.8) is 0 Å². The maximum absolute atomic E-state index is 13.4. The zero-order valence-electron chi connectivity index (χ0n) is 15.1. The van der Waals surface area contributed by atoms with Crippen molar-refractivity contribution in [2.45, 2.75) is 38.3 Å². The van der Waals surface area contributed by atoms with Crippen molar-refractivity contribution in [3.8, 4) is 0 Å². The summed E-state index contributed by atoms with van der Waals surface area (Å²) in [5.74, 6) is 0. The first kappa shape index (κ1) is 21.2. The number of hydrogen-bond acceptors (Lipinski definition) is 4. The second-order valence-corrected chi connectivity index (χ2v) is 8.47. The third-order valence-corrected chi connectivity index (χ3v) is 7.01. The Kier molecular flexibility index (Phi) is 6.74. The van der Waals surface area contributed by atoms with Crippen LogP contribution in [0.4, 0.5) is 0 Å². The fourth-order valence-corrected chi connectivity index (χ4v) is 5.64. The number of aromatic nitrogens is 2. The van der Waals surface area contributed by atoms with Crippen LogP contribution in [0.3, 0.4) is 0 Å². The molecule has 0 saturated carbocycles. The van der Waals surface area contributed by atoms with Crippen LogP contribution in [0.5, 0.6) is 0 Å². The topological polar surface area (TPSA) is 67.2 Å². The summed E-state index contributed by atoms with van der Waals surface area (Å²) in [6.07, 6.45) is 0. The minimum Gasteiger partial charge on any atom is -0.313 e. The third kappa shape index (κ3) is 3.77. The highest BCUT2D eigenvalue weighted by Gasteiger charge is 2.37. The van der Waals surface area contributed by atoms with Crippen molar-refractivity contribution in [3.05, 3.63) is 46.2 Å². The van der Waals surface area contributed by atoms with Crippen molar-refractivity contribution >= 4 is 34.0 Å². The molecule has 1 unspecified atom stereocenters. The average Bonchev–Trinajstić information content (AvgIpc) is 2.89. The number of rotatable bonds is 4. The van der Waals surface area contributed by atoms with E-state index in [1.807, 2.05) is 32.0 Å². The molecular weight excluding hydrogens is 395 g/mol. The van der Waals surface area contributed by atoms with E-state index in [-0.39, 0.29) is 18.4 Å². The van der Waals surface area contributed by atoms with Crippen molar-refractivity contribution in [1.82, 2.24) is 19.4 Å². The summed E-state index contributed by atoms with van der Waals surface area (Å²) in [6.45, 7) is 7.75. The zero-order chi connectivity index (χ0) is 18.2. The summed E-state index contributed by atoms with van der Waals surface area (Å²) in [6, 6.07) is 7.10. The van der Waals surface area contributed by atoms with Crippen molar-refractivity contribution in [2.24, 2.45) is 0 Å². The molecule has 1 aromatic heterocycles. The minimum absolute atomic E-state index is 0. The van der Waals surface area contributed by atoms with Gasteiger partial charge in [0.2, 0.25) is 10.0 Å². The van der Waals surface area contributed by atoms with Crippen molar-refractivity contribution in [2.75, 3.05) is 19.6 Å². The molecular formula is C17H24Cl2N4O2S. The maximum Gasteiger partial charge on any atom is 0.247 e. The molecule has 6 nitrogen and oxygen atoms in total. The molecule has 1 fully saturated rings. The smallest absolute Gasteiger partial charge is 0.247 e. The normalized spacial score (nSPS) is 18.5. The summed E-state index contributed by atoms with van der Waals surface area (Å²) in [7, 11) is -3.66. The number of piperazine rings is 1.